The maximum absolute atomic E-state index is 12.4. The largest absolute Gasteiger partial charge is 0.386 e. The molecule has 0 radical (unpaired) electrons. The molecule has 2 aliphatic heterocycles. The molecule has 0 aliphatic carbocycles. The molecule has 0 spiro atoms. The average molecular weight is 543 g/mol. The van der Waals surface area contributed by atoms with Gasteiger partial charge in [-0.3, -0.25) is 4.79 Å². The number of hydrogen-bond donors (Lipinski definition) is 1. The SMILES string of the molecule is O=C1CCCCN1C1CCN(CCC(c2ccc(Cl)c(Cl)c2)C(O)c2cnnn2-c2ccccc2)CC1. The van der Waals surface area contributed by atoms with Crippen molar-refractivity contribution in [1.29, 1.82) is 0 Å². The van der Waals surface area contributed by atoms with Gasteiger partial charge in [0.05, 0.1) is 27.6 Å². The van der Waals surface area contributed by atoms with Crippen LogP contribution in [-0.2, 0) is 4.79 Å². The number of amides is 1. The monoisotopic (exact) mass is 541 g/mol. The fraction of sp³-hybridized carbons (Fsp3) is 0.464. The number of aliphatic hydroxyl groups excluding tert-OH is 1. The van der Waals surface area contributed by atoms with E-state index in [0.29, 0.717) is 34.1 Å². The van der Waals surface area contributed by atoms with E-state index in [4.69, 9.17) is 23.2 Å². The molecule has 196 valence electrons. The van der Waals surface area contributed by atoms with Crippen LogP contribution in [-0.4, -0.2) is 68.0 Å². The van der Waals surface area contributed by atoms with Crippen molar-refractivity contribution in [2.24, 2.45) is 0 Å². The Bertz CT molecular complexity index is 1200. The van der Waals surface area contributed by atoms with Crippen molar-refractivity contribution >= 4 is 29.1 Å². The van der Waals surface area contributed by atoms with Crippen LogP contribution in [0.2, 0.25) is 10.0 Å². The van der Waals surface area contributed by atoms with Crippen molar-refractivity contribution in [3.05, 3.63) is 76.0 Å². The lowest BCUT2D eigenvalue weighted by Gasteiger charge is -2.40. The predicted octanol–water partition coefficient (Wildman–Crippen LogP) is 5.26. The number of rotatable bonds is 8. The summed E-state index contributed by atoms with van der Waals surface area (Å²) in [7, 11) is 0. The number of para-hydroxylation sites is 1. The third kappa shape index (κ3) is 6.01. The second kappa shape index (κ2) is 11.9. The van der Waals surface area contributed by atoms with Gasteiger partial charge in [-0.05, 0) is 68.5 Å². The van der Waals surface area contributed by atoms with Gasteiger partial charge in [0, 0.05) is 38.0 Å². The predicted molar refractivity (Wildman–Crippen MR) is 145 cm³/mol. The first kappa shape index (κ1) is 26.2. The Morgan fingerprint density at radius 3 is 2.51 bits per heavy atom. The van der Waals surface area contributed by atoms with Gasteiger partial charge in [0.2, 0.25) is 5.91 Å². The average Bonchev–Trinajstić information content (AvgIpc) is 3.42. The highest BCUT2D eigenvalue weighted by molar-refractivity contribution is 6.42. The Balaban J connectivity index is 1.31. The topological polar surface area (TPSA) is 74.5 Å². The van der Waals surface area contributed by atoms with Crippen LogP contribution in [0.4, 0.5) is 0 Å². The number of benzene rings is 2. The number of hydrogen-bond acceptors (Lipinski definition) is 5. The van der Waals surface area contributed by atoms with Crippen molar-refractivity contribution in [3.8, 4) is 5.69 Å². The maximum Gasteiger partial charge on any atom is 0.222 e. The van der Waals surface area contributed by atoms with E-state index >= 15 is 0 Å². The summed E-state index contributed by atoms with van der Waals surface area (Å²) in [6.45, 7) is 3.62. The van der Waals surface area contributed by atoms with Gasteiger partial charge in [0.25, 0.3) is 0 Å². The van der Waals surface area contributed by atoms with Crippen LogP contribution in [0.15, 0.2) is 54.7 Å². The second-order valence-corrected chi connectivity index (χ2v) is 10.9. The first-order valence-corrected chi connectivity index (χ1v) is 13.9. The van der Waals surface area contributed by atoms with Crippen molar-refractivity contribution in [2.45, 2.75) is 56.6 Å². The zero-order valence-electron chi connectivity index (χ0n) is 20.8. The van der Waals surface area contributed by atoms with Gasteiger partial charge >= 0.3 is 0 Å². The van der Waals surface area contributed by atoms with Gasteiger partial charge < -0.3 is 14.9 Å². The van der Waals surface area contributed by atoms with Crippen LogP contribution in [0.3, 0.4) is 0 Å². The molecule has 37 heavy (non-hydrogen) atoms. The number of halogens is 2. The Morgan fingerprint density at radius 2 is 1.78 bits per heavy atom. The summed E-state index contributed by atoms with van der Waals surface area (Å²) in [5.74, 6) is 0.0910. The van der Waals surface area contributed by atoms with E-state index in [2.05, 4.69) is 20.1 Å². The molecule has 5 rings (SSSR count). The second-order valence-electron chi connectivity index (χ2n) is 10.0. The molecule has 2 atom stereocenters. The molecule has 2 unspecified atom stereocenters. The number of aliphatic hydroxyl groups is 1. The molecule has 1 amide bonds. The van der Waals surface area contributed by atoms with E-state index in [1.54, 1.807) is 16.9 Å². The molecule has 3 aromatic rings. The lowest BCUT2D eigenvalue weighted by atomic mass is 9.88. The fourth-order valence-corrected chi connectivity index (χ4v) is 5.97. The molecule has 9 heteroatoms. The zero-order chi connectivity index (χ0) is 25.8. The first-order valence-electron chi connectivity index (χ1n) is 13.1. The molecule has 2 fully saturated rings. The Labute approximate surface area is 228 Å². The standard InChI is InChI=1S/C28H33Cl2N5O2/c29-24-10-9-20(18-25(24)30)23(28(37)26-19-31-32-35(26)22-6-2-1-3-7-22)13-17-33-15-11-21(12-16-33)34-14-5-4-8-27(34)36/h1-3,6-7,9-10,18-19,21,23,28,37H,4-5,8,11-17H2. The van der Waals surface area contributed by atoms with Gasteiger partial charge in [-0.2, -0.15) is 0 Å². The van der Waals surface area contributed by atoms with Crippen molar-refractivity contribution in [3.63, 3.8) is 0 Å². The maximum atomic E-state index is 12.4. The van der Waals surface area contributed by atoms with Crippen molar-refractivity contribution in [2.75, 3.05) is 26.2 Å². The van der Waals surface area contributed by atoms with Gasteiger partial charge in [0.15, 0.2) is 0 Å². The van der Waals surface area contributed by atoms with Crippen LogP contribution >= 0.6 is 23.2 Å². The molecule has 2 aromatic carbocycles. The summed E-state index contributed by atoms with van der Waals surface area (Å²) in [5, 5.41) is 21.0. The fourth-order valence-electron chi connectivity index (χ4n) is 5.66. The molecule has 2 saturated heterocycles. The highest BCUT2D eigenvalue weighted by Gasteiger charge is 2.31. The molecule has 1 aromatic heterocycles. The molecule has 2 aliphatic rings. The summed E-state index contributed by atoms with van der Waals surface area (Å²) in [5.41, 5.74) is 2.40. The third-order valence-electron chi connectivity index (χ3n) is 7.75. The molecular weight excluding hydrogens is 509 g/mol. The molecular formula is C28H33Cl2N5O2. The number of nitrogens with zero attached hydrogens (tertiary/aromatic N) is 5. The summed E-state index contributed by atoms with van der Waals surface area (Å²) in [6, 6.07) is 15.6. The highest BCUT2D eigenvalue weighted by Crippen LogP contribution is 2.37. The van der Waals surface area contributed by atoms with Gasteiger partial charge in [-0.25, -0.2) is 4.68 Å². The molecule has 3 heterocycles. The minimum absolute atomic E-state index is 0.225. The lowest BCUT2D eigenvalue weighted by molar-refractivity contribution is -0.136. The van der Waals surface area contributed by atoms with Crippen LogP contribution in [0.25, 0.3) is 5.69 Å². The Hall–Kier alpha value is -2.45. The summed E-state index contributed by atoms with van der Waals surface area (Å²) >= 11 is 12.6. The number of carbonyl (C=O) groups excluding carboxylic acids is 1. The molecule has 0 saturated carbocycles. The lowest BCUT2D eigenvalue weighted by Crippen LogP contribution is -2.49. The van der Waals surface area contributed by atoms with E-state index in [1.807, 2.05) is 42.5 Å². The minimum Gasteiger partial charge on any atom is -0.386 e. The molecule has 0 bridgehead atoms. The smallest absolute Gasteiger partial charge is 0.222 e. The molecule has 7 nitrogen and oxygen atoms in total. The van der Waals surface area contributed by atoms with E-state index in [1.165, 1.54) is 0 Å². The van der Waals surface area contributed by atoms with Gasteiger partial charge in [-0.1, -0.05) is 52.7 Å². The molecule has 1 N–H and O–H groups in total. The zero-order valence-corrected chi connectivity index (χ0v) is 22.4. The summed E-state index contributed by atoms with van der Waals surface area (Å²) < 4.78 is 1.69. The number of carbonyl (C=O) groups is 1. The number of piperidine rings is 2. The van der Waals surface area contributed by atoms with Gasteiger partial charge in [0.1, 0.15) is 6.10 Å². The minimum atomic E-state index is -0.837. The Morgan fingerprint density at radius 1 is 1.00 bits per heavy atom. The Kier molecular flexibility index (Phi) is 8.45. The number of aromatic nitrogens is 3. The van der Waals surface area contributed by atoms with E-state index in [0.717, 1.165) is 69.5 Å². The van der Waals surface area contributed by atoms with Crippen molar-refractivity contribution < 1.29 is 9.90 Å². The van der Waals surface area contributed by atoms with E-state index < -0.39 is 6.10 Å². The van der Waals surface area contributed by atoms with E-state index in [9.17, 15) is 9.90 Å². The normalized spacial score (nSPS) is 19.2. The van der Waals surface area contributed by atoms with Crippen LogP contribution in [0.5, 0.6) is 0 Å². The van der Waals surface area contributed by atoms with Crippen LogP contribution in [0, 0.1) is 0 Å². The third-order valence-corrected chi connectivity index (χ3v) is 8.49. The summed E-state index contributed by atoms with van der Waals surface area (Å²) in [6.07, 6.45) is 6.34. The van der Waals surface area contributed by atoms with E-state index in [-0.39, 0.29) is 5.92 Å². The van der Waals surface area contributed by atoms with Crippen LogP contribution < -0.4 is 0 Å². The highest BCUT2D eigenvalue weighted by atomic mass is 35.5. The van der Waals surface area contributed by atoms with Crippen LogP contribution in [0.1, 0.15) is 61.8 Å². The van der Waals surface area contributed by atoms with Gasteiger partial charge in [-0.15, -0.1) is 5.10 Å². The quantitative estimate of drug-likeness (QED) is 0.421. The number of likely N-dealkylation sites (tertiary alicyclic amines) is 2. The first-order chi connectivity index (χ1) is 18.0. The summed E-state index contributed by atoms with van der Waals surface area (Å²) in [4.78, 5) is 16.9. The van der Waals surface area contributed by atoms with Crippen molar-refractivity contribution in [1.82, 2.24) is 24.8 Å².